The van der Waals surface area contributed by atoms with Crippen LogP contribution in [0, 0.1) is 11.6 Å². The number of halogens is 4. The average molecular weight is 552 g/mol. The van der Waals surface area contributed by atoms with E-state index in [9.17, 15) is 23.2 Å². The fraction of sp³-hybridized carbons (Fsp3) is 0.269. The number of carbonyl (C=O) groups excluding carboxylic acids is 3. The van der Waals surface area contributed by atoms with Crippen molar-refractivity contribution >= 4 is 46.5 Å². The first-order valence-corrected chi connectivity index (χ1v) is 12.0. The van der Waals surface area contributed by atoms with E-state index in [2.05, 4.69) is 10.6 Å². The highest BCUT2D eigenvalue weighted by atomic mass is 35.5. The lowest BCUT2D eigenvalue weighted by Crippen LogP contribution is -2.30. The molecule has 2 amide bonds. The fourth-order valence-corrected chi connectivity index (χ4v) is 4.45. The summed E-state index contributed by atoms with van der Waals surface area (Å²) < 4.78 is 34.4. The lowest BCUT2D eigenvalue weighted by Gasteiger charge is -2.20. The molecule has 3 aromatic rings. The third-order valence-electron chi connectivity index (χ3n) is 5.55. The van der Waals surface area contributed by atoms with E-state index in [0.717, 1.165) is 12.1 Å². The van der Waals surface area contributed by atoms with Crippen LogP contribution in [-0.4, -0.2) is 42.4 Å². The normalized spacial score (nSPS) is 11.8. The second-order valence-corrected chi connectivity index (χ2v) is 9.21. The van der Waals surface area contributed by atoms with Crippen molar-refractivity contribution < 1.29 is 27.9 Å². The maximum Gasteiger partial charge on any atom is 0.268 e. The number of aromatic nitrogens is 1. The molecule has 0 unspecified atom stereocenters. The smallest absolute Gasteiger partial charge is 0.268 e. The Labute approximate surface area is 222 Å². The summed E-state index contributed by atoms with van der Waals surface area (Å²) in [5.74, 6) is -3.40. The standard InChI is InChI=1S/C26H25Cl2F2N3O4/c1-14(34)13-33-23(26(36)31-6-7-37-3)12-22(32-25(35)16-8-17(27)10-19(30)9-16)24(33)15(2)20-11-18(29)4-5-21(20)28/h4-5,8-12,15H,6-7,13H2,1-3H3,(H,31,36)(H,32,35)/t15-/m1/s1. The molecule has 2 N–H and O–H groups in total. The quantitative estimate of drug-likeness (QED) is 0.328. The van der Waals surface area contributed by atoms with Crippen LogP contribution in [0.4, 0.5) is 14.5 Å². The number of hydrogen-bond donors (Lipinski definition) is 2. The second-order valence-electron chi connectivity index (χ2n) is 8.37. The van der Waals surface area contributed by atoms with Crippen LogP contribution in [0.25, 0.3) is 0 Å². The number of ether oxygens (including phenoxy) is 1. The molecular formula is C26H25Cl2F2N3O4. The van der Waals surface area contributed by atoms with Crippen LogP contribution in [0.15, 0.2) is 42.5 Å². The van der Waals surface area contributed by atoms with E-state index in [4.69, 9.17) is 27.9 Å². The Morgan fingerprint density at radius 1 is 1.03 bits per heavy atom. The van der Waals surface area contributed by atoms with Crippen molar-refractivity contribution in [2.45, 2.75) is 26.3 Å². The van der Waals surface area contributed by atoms with Gasteiger partial charge in [0.25, 0.3) is 11.8 Å². The monoisotopic (exact) mass is 551 g/mol. The molecule has 11 heteroatoms. The number of ketones is 1. The lowest BCUT2D eigenvalue weighted by molar-refractivity contribution is -0.117. The minimum absolute atomic E-state index is 0.0256. The zero-order valence-electron chi connectivity index (χ0n) is 20.3. The van der Waals surface area contributed by atoms with Gasteiger partial charge in [-0.3, -0.25) is 14.4 Å². The summed E-state index contributed by atoms with van der Waals surface area (Å²) in [6.07, 6.45) is 0. The molecule has 0 saturated carbocycles. The third-order valence-corrected chi connectivity index (χ3v) is 6.11. The summed E-state index contributed by atoms with van der Waals surface area (Å²) in [6.45, 7) is 3.30. The van der Waals surface area contributed by atoms with Gasteiger partial charge in [0, 0.05) is 40.9 Å². The first-order chi connectivity index (χ1) is 17.5. The predicted octanol–water partition coefficient (Wildman–Crippen LogP) is 5.44. The molecule has 0 aliphatic heterocycles. The van der Waals surface area contributed by atoms with Crippen LogP contribution in [0.3, 0.4) is 0 Å². The maximum absolute atomic E-state index is 14.1. The van der Waals surface area contributed by atoms with Crippen LogP contribution in [0.5, 0.6) is 0 Å². The molecule has 0 spiro atoms. The van der Waals surface area contributed by atoms with Crippen molar-refractivity contribution in [3.63, 3.8) is 0 Å². The molecule has 0 aliphatic carbocycles. The number of hydrogen-bond acceptors (Lipinski definition) is 4. The van der Waals surface area contributed by atoms with Gasteiger partial charge < -0.3 is 19.9 Å². The summed E-state index contributed by atoms with van der Waals surface area (Å²) in [5.41, 5.74) is 0.887. The second kappa shape index (κ2) is 12.3. The van der Waals surface area contributed by atoms with Gasteiger partial charge in [0.05, 0.1) is 18.8 Å². The summed E-state index contributed by atoms with van der Waals surface area (Å²) in [5, 5.41) is 5.66. The Morgan fingerprint density at radius 3 is 2.41 bits per heavy atom. The average Bonchev–Trinajstić information content (AvgIpc) is 3.16. The summed E-state index contributed by atoms with van der Waals surface area (Å²) in [4.78, 5) is 38.3. The highest BCUT2D eigenvalue weighted by Gasteiger charge is 2.28. The van der Waals surface area contributed by atoms with E-state index in [0.29, 0.717) is 11.3 Å². The minimum atomic E-state index is -0.704. The molecule has 2 aromatic carbocycles. The SMILES string of the molecule is COCCNC(=O)c1cc(NC(=O)c2cc(F)cc(Cl)c2)c([C@H](C)c2cc(F)ccc2Cl)n1CC(C)=O. The molecule has 1 aromatic heterocycles. The number of rotatable bonds is 10. The first-order valence-electron chi connectivity index (χ1n) is 11.2. The third kappa shape index (κ3) is 6.94. The predicted molar refractivity (Wildman–Crippen MR) is 138 cm³/mol. The van der Waals surface area contributed by atoms with E-state index in [1.165, 1.54) is 48.9 Å². The molecule has 0 aliphatic rings. The highest BCUT2D eigenvalue weighted by molar-refractivity contribution is 6.31. The number of Topliss-reactive ketones (excluding diaryl/α,β-unsaturated/α-hetero) is 1. The van der Waals surface area contributed by atoms with Crippen molar-refractivity contribution in [3.8, 4) is 0 Å². The van der Waals surface area contributed by atoms with E-state index in [1.54, 1.807) is 6.92 Å². The van der Waals surface area contributed by atoms with E-state index >= 15 is 0 Å². The molecular weight excluding hydrogens is 527 g/mol. The number of anilines is 1. The number of benzene rings is 2. The molecule has 0 fully saturated rings. The van der Waals surface area contributed by atoms with E-state index in [-0.39, 0.29) is 52.5 Å². The number of carbonyl (C=O) groups is 3. The van der Waals surface area contributed by atoms with Gasteiger partial charge in [-0.05, 0) is 55.0 Å². The van der Waals surface area contributed by atoms with Gasteiger partial charge in [0.15, 0.2) is 0 Å². The van der Waals surface area contributed by atoms with Crippen molar-refractivity contribution in [2.24, 2.45) is 0 Å². The molecule has 196 valence electrons. The van der Waals surface area contributed by atoms with Crippen molar-refractivity contribution in [2.75, 3.05) is 25.6 Å². The Balaban J connectivity index is 2.17. The van der Waals surface area contributed by atoms with Gasteiger partial charge in [-0.1, -0.05) is 30.1 Å². The van der Waals surface area contributed by atoms with Crippen LogP contribution < -0.4 is 10.6 Å². The molecule has 0 radical (unpaired) electrons. The number of nitrogens with one attached hydrogen (secondary N) is 2. The van der Waals surface area contributed by atoms with Gasteiger partial charge in [-0.2, -0.15) is 0 Å². The van der Waals surface area contributed by atoms with Crippen molar-refractivity contribution in [1.29, 1.82) is 0 Å². The summed E-state index contributed by atoms with van der Waals surface area (Å²) in [7, 11) is 1.49. The van der Waals surface area contributed by atoms with Gasteiger partial charge >= 0.3 is 0 Å². The topological polar surface area (TPSA) is 89.4 Å². The summed E-state index contributed by atoms with van der Waals surface area (Å²) in [6, 6.07) is 8.61. The van der Waals surface area contributed by atoms with E-state index in [1.807, 2.05) is 0 Å². The van der Waals surface area contributed by atoms with Crippen LogP contribution in [0.2, 0.25) is 10.0 Å². The number of methoxy groups -OCH3 is 1. The van der Waals surface area contributed by atoms with Crippen LogP contribution in [0.1, 0.15) is 51.9 Å². The van der Waals surface area contributed by atoms with Crippen LogP contribution in [-0.2, 0) is 16.1 Å². The van der Waals surface area contributed by atoms with Gasteiger partial charge in [0.1, 0.15) is 23.1 Å². The molecule has 7 nitrogen and oxygen atoms in total. The Morgan fingerprint density at radius 2 is 1.76 bits per heavy atom. The zero-order valence-corrected chi connectivity index (χ0v) is 21.8. The number of nitrogens with zero attached hydrogens (tertiary/aromatic N) is 1. The highest BCUT2D eigenvalue weighted by Crippen LogP contribution is 2.37. The van der Waals surface area contributed by atoms with Gasteiger partial charge in [-0.15, -0.1) is 0 Å². The van der Waals surface area contributed by atoms with Crippen molar-refractivity contribution in [1.82, 2.24) is 9.88 Å². The largest absolute Gasteiger partial charge is 0.383 e. The Kier molecular flexibility index (Phi) is 9.42. The molecule has 37 heavy (non-hydrogen) atoms. The molecule has 1 heterocycles. The molecule has 0 bridgehead atoms. The van der Waals surface area contributed by atoms with Gasteiger partial charge in [0.2, 0.25) is 0 Å². The fourth-order valence-electron chi connectivity index (χ4n) is 3.94. The maximum atomic E-state index is 14.1. The number of amides is 2. The van der Waals surface area contributed by atoms with Crippen LogP contribution >= 0.6 is 23.2 Å². The first kappa shape index (κ1) is 28.3. The Bertz CT molecular complexity index is 1320. The minimum Gasteiger partial charge on any atom is -0.383 e. The molecule has 1 atom stereocenters. The van der Waals surface area contributed by atoms with Gasteiger partial charge in [-0.25, -0.2) is 8.78 Å². The van der Waals surface area contributed by atoms with E-state index < -0.39 is 29.4 Å². The zero-order chi connectivity index (χ0) is 27.3. The molecule has 0 saturated heterocycles. The van der Waals surface area contributed by atoms with Crippen molar-refractivity contribution in [3.05, 3.63) is 86.7 Å². The Hall–Kier alpha value is -3.27. The lowest BCUT2D eigenvalue weighted by atomic mass is 9.96. The molecule has 3 rings (SSSR count). The summed E-state index contributed by atoms with van der Waals surface area (Å²) >= 11 is 12.3.